The topological polar surface area (TPSA) is 107 Å². The minimum atomic E-state index is -1.32. The fourth-order valence-corrected chi connectivity index (χ4v) is 2.34. The second-order valence-electron chi connectivity index (χ2n) is 5.15. The molecule has 0 fully saturated rings. The minimum Gasteiger partial charge on any atom is -0.546 e. The molecule has 126 valence electrons. The number of nitrogens with one attached hydrogen (secondary N) is 2. The van der Waals surface area contributed by atoms with E-state index in [-0.39, 0.29) is 5.91 Å². The van der Waals surface area contributed by atoms with Crippen molar-refractivity contribution in [1.82, 2.24) is 10.4 Å². The van der Waals surface area contributed by atoms with Gasteiger partial charge in [-0.1, -0.05) is 30.3 Å². The van der Waals surface area contributed by atoms with Gasteiger partial charge in [0.05, 0.1) is 17.7 Å². The summed E-state index contributed by atoms with van der Waals surface area (Å²) in [5.41, 5.74) is 4.31. The van der Waals surface area contributed by atoms with Crippen LogP contribution in [0.2, 0.25) is 0 Å². The summed E-state index contributed by atoms with van der Waals surface area (Å²) in [4.78, 5) is 25.8. The van der Waals surface area contributed by atoms with Gasteiger partial charge in [0.2, 0.25) is 0 Å². The van der Waals surface area contributed by atoms with Gasteiger partial charge in [0.25, 0.3) is 5.91 Å². The lowest BCUT2D eigenvalue weighted by Gasteiger charge is -2.08. The van der Waals surface area contributed by atoms with Crippen molar-refractivity contribution < 1.29 is 19.4 Å². The molecule has 3 rings (SSSR count). The van der Waals surface area contributed by atoms with Crippen LogP contribution in [-0.4, -0.2) is 29.7 Å². The number of para-hydroxylation sites is 2. The molecule has 1 heterocycles. The Balaban J connectivity index is 1.71. The number of carboxylic acids is 1. The highest BCUT2D eigenvalue weighted by Gasteiger charge is 2.10. The Labute approximate surface area is 142 Å². The molecule has 0 atom stereocenters. The summed E-state index contributed by atoms with van der Waals surface area (Å²) in [6, 6.07) is 14.2. The van der Waals surface area contributed by atoms with Crippen molar-refractivity contribution in [2.75, 3.05) is 6.61 Å². The normalized spacial score (nSPS) is 10.9. The number of rotatable bonds is 6. The van der Waals surface area contributed by atoms with Gasteiger partial charge in [0.15, 0.2) is 0 Å². The van der Waals surface area contributed by atoms with Crippen LogP contribution in [0.15, 0.2) is 59.8 Å². The number of aliphatic carboxylic acids is 1. The molecule has 0 bridgehead atoms. The van der Waals surface area contributed by atoms with Crippen LogP contribution < -0.4 is 15.3 Å². The molecule has 0 aliphatic heterocycles. The second kappa shape index (κ2) is 7.31. The number of carbonyl (C=O) groups excluding carboxylic acids is 2. The van der Waals surface area contributed by atoms with E-state index in [4.69, 9.17) is 4.74 Å². The summed E-state index contributed by atoms with van der Waals surface area (Å²) >= 11 is 0. The third-order valence-electron chi connectivity index (χ3n) is 3.47. The van der Waals surface area contributed by atoms with Gasteiger partial charge in [-0.25, -0.2) is 5.43 Å². The molecule has 0 unspecified atom stereocenters. The Kier molecular flexibility index (Phi) is 4.75. The number of hydrazone groups is 1. The van der Waals surface area contributed by atoms with E-state index < -0.39 is 12.6 Å². The van der Waals surface area contributed by atoms with Gasteiger partial charge in [-0.05, 0) is 18.2 Å². The van der Waals surface area contributed by atoms with Gasteiger partial charge in [-0.3, -0.25) is 4.79 Å². The lowest BCUT2D eigenvalue weighted by atomic mass is 10.2. The van der Waals surface area contributed by atoms with E-state index in [0.29, 0.717) is 16.9 Å². The van der Waals surface area contributed by atoms with Crippen molar-refractivity contribution in [2.24, 2.45) is 5.10 Å². The molecule has 3 aromatic rings. The minimum absolute atomic E-state index is 0.330. The Morgan fingerprint density at radius 1 is 1.16 bits per heavy atom. The first-order valence-electron chi connectivity index (χ1n) is 7.46. The molecule has 25 heavy (non-hydrogen) atoms. The molecule has 1 aromatic heterocycles. The molecule has 0 aliphatic rings. The van der Waals surface area contributed by atoms with Crippen LogP contribution in [0, 0.1) is 0 Å². The highest BCUT2D eigenvalue weighted by Crippen LogP contribution is 2.18. The Hall–Kier alpha value is -3.61. The largest absolute Gasteiger partial charge is 0.546 e. The van der Waals surface area contributed by atoms with Crippen molar-refractivity contribution in [3.05, 3.63) is 65.9 Å². The molecule has 7 heteroatoms. The number of benzene rings is 2. The van der Waals surface area contributed by atoms with Crippen LogP contribution in [0.4, 0.5) is 0 Å². The summed E-state index contributed by atoms with van der Waals surface area (Å²) in [6.07, 6.45) is 3.00. The molecular weight excluding hydrogens is 322 g/mol. The molecule has 2 N–H and O–H groups in total. The van der Waals surface area contributed by atoms with E-state index in [0.717, 1.165) is 10.9 Å². The standard InChI is InChI=1S/C18H15N3O4/c22-17(23)11-25-16-8-4-1-5-12(16)9-20-21-18(24)14-10-19-15-7-3-2-6-13(14)15/h1-10,19H,11H2,(H,21,24)(H,22,23)/p-1/b20-9-. The highest BCUT2D eigenvalue weighted by molar-refractivity contribution is 6.06. The Morgan fingerprint density at radius 2 is 1.92 bits per heavy atom. The molecule has 0 spiro atoms. The van der Waals surface area contributed by atoms with Crippen LogP contribution in [0.5, 0.6) is 5.75 Å². The van der Waals surface area contributed by atoms with Crippen LogP contribution in [0.3, 0.4) is 0 Å². The number of carboxylic acid groups (broad SMARTS) is 1. The summed E-state index contributed by atoms with van der Waals surface area (Å²) in [5.74, 6) is -1.35. The lowest BCUT2D eigenvalue weighted by molar-refractivity contribution is -0.307. The first kappa shape index (κ1) is 16.3. The molecule has 0 saturated carbocycles. The predicted octanol–water partition coefficient (Wildman–Crippen LogP) is 1.06. The molecule has 0 radical (unpaired) electrons. The monoisotopic (exact) mass is 336 g/mol. The molecule has 2 aromatic carbocycles. The average Bonchev–Trinajstić information content (AvgIpc) is 3.05. The summed E-state index contributed by atoms with van der Waals surface area (Å²) in [5, 5.41) is 15.2. The van der Waals surface area contributed by atoms with E-state index in [9.17, 15) is 14.7 Å². The van der Waals surface area contributed by atoms with E-state index in [1.54, 1.807) is 30.5 Å². The van der Waals surface area contributed by atoms with Gasteiger partial charge in [0.1, 0.15) is 12.4 Å². The first-order valence-corrected chi connectivity index (χ1v) is 7.46. The number of carbonyl (C=O) groups is 2. The third kappa shape index (κ3) is 3.84. The third-order valence-corrected chi connectivity index (χ3v) is 3.47. The van der Waals surface area contributed by atoms with Crippen LogP contribution in [0.25, 0.3) is 10.9 Å². The quantitative estimate of drug-likeness (QED) is 0.518. The van der Waals surface area contributed by atoms with Gasteiger partial charge < -0.3 is 19.6 Å². The van der Waals surface area contributed by atoms with E-state index >= 15 is 0 Å². The van der Waals surface area contributed by atoms with Gasteiger partial charge in [-0.2, -0.15) is 5.10 Å². The lowest BCUT2D eigenvalue weighted by Crippen LogP contribution is -2.29. The number of nitrogens with zero attached hydrogens (tertiary/aromatic N) is 1. The summed E-state index contributed by atoms with van der Waals surface area (Å²) in [6.45, 7) is -0.563. The average molecular weight is 336 g/mol. The smallest absolute Gasteiger partial charge is 0.273 e. The Bertz CT molecular complexity index is 946. The second-order valence-corrected chi connectivity index (χ2v) is 5.15. The zero-order chi connectivity index (χ0) is 17.6. The van der Waals surface area contributed by atoms with Gasteiger partial charge in [0, 0.05) is 22.7 Å². The van der Waals surface area contributed by atoms with E-state index in [2.05, 4.69) is 15.5 Å². The molecule has 7 nitrogen and oxygen atoms in total. The highest BCUT2D eigenvalue weighted by atomic mass is 16.5. The van der Waals surface area contributed by atoms with E-state index in [1.807, 2.05) is 24.3 Å². The maximum absolute atomic E-state index is 12.2. The van der Waals surface area contributed by atoms with Crippen molar-refractivity contribution in [3.8, 4) is 5.75 Å². The number of ether oxygens (including phenoxy) is 1. The molecular formula is C18H14N3O4-. The van der Waals surface area contributed by atoms with E-state index in [1.165, 1.54) is 6.21 Å². The van der Waals surface area contributed by atoms with Crippen molar-refractivity contribution >= 4 is 29.0 Å². The SMILES string of the molecule is O=C([O-])COc1ccccc1/C=N\NC(=O)c1c[nH]c2ccccc12. The van der Waals surface area contributed by atoms with Crippen LogP contribution in [-0.2, 0) is 4.79 Å². The maximum atomic E-state index is 12.2. The number of hydrogen-bond donors (Lipinski definition) is 2. The number of amides is 1. The molecule has 0 aliphatic carbocycles. The van der Waals surface area contributed by atoms with Crippen molar-refractivity contribution in [1.29, 1.82) is 0 Å². The molecule has 1 amide bonds. The predicted molar refractivity (Wildman–Crippen MR) is 90.3 cm³/mol. The zero-order valence-electron chi connectivity index (χ0n) is 13.1. The fourth-order valence-electron chi connectivity index (χ4n) is 2.34. The fraction of sp³-hybridized carbons (Fsp3) is 0.0556. The van der Waals surface area contributed by atoms with Gasteiger partial charge >= 0.3 is 0 Å². The number of hydrogen-bond acceptors (Lipinski definition) is 5. The number of H-pyrrole nitrogens is 1. The first-order chi connectivity index (χ1) is 12.1. The number of aromatic nitrogens is 1. The zero-order valence-corrected chi connectivity index (χ0v) is 13.1. The summed E-state index contributed by atoms with van der Waals surface area (Å²) in [7, 11) is 0. The van der Waals surface area contributed by atoms with Gasteiger partial charge in [-0.15, -0.1) is 0 Å². The van der Waals surface area contributed by atoms with Crippen molar-refractivity contribution in [3.63, 3.8) is 0 Å². The maximum Gasteiger partial charge on any atom is 0.273 e. The summed E-state index contributed by atoms with van der Waals surface area (Å²) < 4.78 is 5.12. The van der Waals surface area contributed by atoms with Crippen LogP contribution in [0.1, 0.15) is 15.9 Å². The van der Waals surface area contributed by atoms with Crippen molar-refractivity contribution in [2.45, 2.75) is 0 Å². The number of aromatic amines is 1. The Morgan fingerprint density at radius 3 is 2.76 bits per heavy atom. The number of fused-ring (bicyclic) bond motifs is 1. The van der Waals surface area contributed by atoms with Crippen LogP contribution >= 0.6 is 0 Å². The molecule has 0 saturated heterocycles.